The molecule has 6 heteroatoms. The molecule has 0 saturated carbocycles. The Balaban J connectivity index is 1.40. The summed E-state index contributed by atoms with van der Waals surface area (Å²) in [5, 5.41) is 5.49. The van der Waals surface area contributed by atoms with E-state index in [1.54, 1.807) is 0 Å². The van der Waals surface area contributed by atoms with Crippen LogP contribution in [0.25, 0.3) is 0 Å². The van der Waals surface area contributed by atoms with Crippen LogP contribution in [-0.4, -0.2) is 35.5 Å². The topological polar surface area (TPSA) is 54.5 Å². The average molecular weight is 359 g/mol. The average Bonchev–Trinajstić information content (AvgIpc) is 3.02. The SMILES string of the molecule is CC1CCCN(Cc2csc(NC(=O)COCc3ccccc3)n2)C1. The van der Waals surface area contributed by atoms with Crippen molar-refractivity contribution in [1.82, 2.24) is 9.88 Å². The predicted octanol–water partition coefficient (Wildman–Crippen LogP) is 3.53. The van der Waals surface area contributed by atoms with E-state index in [-0.39, 0.29) is 12.5 Å². The molecule has 1 atom stereocenters. The molecule has 1 aromatic carbocycles. The second kappa shape index (κ2) is 9.08. The Bertz CT molecular complexity index is 674. The lowest BCUT2D eigenvalue weighted by Crippen LogP contribution is -2.33. The van der Waals surface area contributed by atoms with E-state index in [1.807, 2.05) is 35.7 Å². The molecule has 3 rings (SSSR count). The number of hydrogen-bond donors (Lipinski definition) is 1. The zero-order valence-electron chi connectivity index (χ0n) is 14.6. The van der Waals surface area contributed by atoms with Crippen LogP contribution in [0.4, 0.5) is 5.13 Å². The minimum Gasteiger partial charge on any atom is -0.367 e. The summed E-state index contributed by atoms with van der Waals surface area (Å²) in [5.41, 5.74) is 2.09. The van der Waals surface area contributed by atoms with Crippen LogP contribution in [0.2, 0.25) is 0 Å². The van der Waals surface area contributed by atoms with Gasteiger partial charge in [-0.15, -0.1) is 11.3 Å². The number of rotatable bonds is 7. The van der Waals surface area contributed by atoms with Gasteiger partial charge in [0.2, 0.25) is 0 Å². The number of thiazole rings is 1. The molecule has 5 nitrogen and oxygen atoms in total. The number of amides is 1. The molecule has 0 spiro atoms. The first-order valence-corrected chi connectivity index (χ1v) is 9.65. The van der Waals surface area contributed by atoms with E-state index in [1.165, 1.54) is 24.2 Å². The van der Waals surface area contributed by atoms with Gasteiger partial charge in [-0.2, -0.15) is 0 Å². The van der Waals surface area contributed by atoms with Crippen LogP contribution in [0, 0.1) is 5.92 Å². The summed E-state index contributed by atoms with van der Waals surface area (Å²) in [6, 6.07) is 9.83. The molecule has 0 aliphatic carbocycles. The number of benzene rings is 1. The van der Waals surface area contributed by atoms with Crippen molar-refractivity contribution < 1.29 is 9.53 Å². The van der Waals surface area contributed by atoms with Gasteiger partial charge < -0.3 is 4.74 Å². The van der Waals surface area contributed by atoms with Gasteiger partial charge in [-0.05, 0) is 30.9 Å². The van der Waals surface area contributed by atoms with Gasteiger partial charge in [-0.3, -0.25) is 15.0 Å². The zero-order chi connectivity index (χ0) is 17.5. The zero-order valence-corrected chi connectivity index (χ0v) is 15.4. The molecule has 1 aromatic heterocycles. The van der Waals surface area contributed by atoms with Gasteiger partial charge in [0.05, 0.1) is 12.3 Å². The summed E-state index contributed by atoms with van der Waals surface area (Å²) < 4.78 is 5.45. The number of nitrogens with one attached hydrogen (secondary N) is 1. The number of piperidine rings is 1. The van der Waals surface area contributed by atoms with E-state index < -0.39 is 0 Å². The first-order valence-electron chi connectivity index (χ1n) is 8.77. The fraction of sp³-hybridized carbons (Fsp3) is 0.474. The monoisotopic (exact) mass is 359 g/mol. The number of aromatic nitrogens is 1. The van der Waals surface area contributed by atoms with Crippen molar-refractivity contribution in [2.45, 2.75) is 32.9 Å². The molecule has 2 heterocycles. The van der Waals surface area contributed by atoms with Crippen molar-refractivity contribution >= 4 is 22.4 Å². The fourth-order valence-corrected chi connectivity index (χ4v) is 3.81. The van der Waals surface area contributed by atoms with Crippen molar-refractivity contribution in [3.63, 3.8) is 0 Å². The predicted molar refractivity (Wildman–Crippen MR) is 101 cm³/mol. The Morgan fingerprint density at radius 2 is 2.24 bits per heavy atom. The number of nitrogens with zero attached hydrogens (tertiary/aromatic N) is 2. The van der Waals surface area contributed by atoms with Crippen molar-refractivity contribution in [2.24, 2.45) is 5.92 Å². The molecule has 1 aliphatic rings. The van der Waals surface area contributed by atoms with Crippen LogP contribution in [0.5, 0.6) is 0 Å². The standard InChI is InChI=1S/C19H25N3O2S/c1-15-6-5-9-22(10-15)11-17-14-25-19(20-17)21-18(23)13-24-12-16-7-3-2-4-8-16/h2-4,7-8,14-15H,5-6,9-13H2,1H3,(H,20,21,23). The lowest BCUT2D eigenvalue weighted by molar-refractivity contribution is -0.121. The lowest BCUT2D eigenvalue weighted by Gasteiger charge is -2.30. The highest BCUT2D eigenvalue weighted by Crippen LogP contribution is 2.20. The van der Waals surface area contributed by atoms with Gasteiger partial charge >= 0.3 is 0 Å². The first kappa shape index (κ1) is 18.0. The molecule has 0 radical (unpaired) electrons. The van der Waals surface area contributed by atoms with Crippen molar-refractivity contribution in [2.75, 3.05) is 25.0 Å². The fourth-order valence-electron chi connectivity index (χ4n) is 3.09. The van der Waals surface area contributed by atoms with E-state index in [2.05, 4.69) is 22.1 Å². The summed E-state index contributed by atoms with van der Waals surface area (Å²) in [4.78, 5) is 18.9. The van der Waals surface area contributed by atoms with Gasteiger partial charge in [0.25, 0.3) is 5.91 Å². The van der Waals surface area contributed by atoms with Crippen molar-refractivity contribution in [3.8, 4) is 0 Å². The van der Waals surface area contributed by atoms with Crippen LogP contribution in [0.15, 0.2) is 35.7 Å². The molecular formula is C19H25N3O2S. The number of carbonyl (C=O) groups excluding carboxylic acids is 1. The van der Waals surface area contributed by atoms with E-state index in [4.69, 9.17) is 4.74 Å². The summed E-state index contributed by atoms with van der Waals surface area (Å²) in [6.07, 6.45) is 2.57. The Morgan fingerprint density at radius 3 is 3.04 bits per heavy atom. The maximum atomic E-state index is 12.0. The van der Waals surface area contributed by atoms with Crippen LogP contribution in [0.3, 0.4) is 0 Å². The molecule has 1 amide bonds. The Labute approximate surface area is 153 Å². The van der Waals surface area contributed by atoms with E-state index in [0.717, 1.165) is 36.8 Å². The Kier molecular flexibility index (Phi) is 6.55. The maximum Gasteiger partial charge on any atom is 0.252 e. The second-order valence-corrected chi connectivity index (χ2v) is 7.51. The number of likely N-dealkylation sites (tertiary alicyclic amines) is 1. The molecule has 1 saturated heterocycles. The first-order chi connectivity index (χ1) is 12.2. The number of hydrogen-bond acceptors (Lipinski definition) is 5. The molecule has 1 N–H and O–H groups in total. The van der Waals surface area contributed by atoms with E-state index >= 15 is 0 Å². The van der Waals surface area contributed by atoms with Crippen LogP contribution >= 0.6 is 11.3 Å². The van der Waals surface area contributed by atoms with Crippen molar-refractivity contribution in [3.05, 3.63) is 47.0 Å². The minimum absolute atomic E-state index is 0.0352. The molecule has 0 bridgehead atoms. The summed E-state index contributed by atoms with van der Waals surface area (Å²) in [5.74, 6) is 0.594. The molecule has 2 aromatic rings. The van der Waals surface area contributed by atoms with Crippen molar-refractivity contribution in [1.29, 1.82) is 0 Å². The summed E-state index contributed by atoms with van der Waals surface area (Å²) in [6.45, 7) is 5.90. The second-order valence-electron chi connectivity index (χ2n) is 6.65. The molecular weight excluding hydrogens is 334 g/mol. The molecule has 1 unspecified atom stereocenters. The molecule has 1 aliphatic heterocycles. The number of anilines is 1. The quantitative estimate of drug-likeness (QED) is 0.822. The van der Waals surface area contributed by atoms with E-state index in [0.29, 0.717) is 11.7 Å². The maximum absolute atomic E-state index is 12.0. The van der Waals surface area contributed by atoms with Gasteiger partial charge in [-0.25, -0.2) is 4.98 Å². The van der Waals surface area contributed by atoms with Crippen LogP contribution in [-0.2, 0) is 22.7 Å². The summed E-state index contributed by atoms with van der Waals surface area (Å²) >= 11 is 1.47. The Hall–Kier alpha value is -1.76. The third-order valence-electron chi connectivity index (χ3n) is 4.27. The highest BCUT2D eigenvalue weighted by molar-refractivity contribution is 7.13. The third kappa shape index (κ3) is 5.92. The van der Waals surface area contributed by atoms with Gasteiger partial charge in [-0.1, -0.05) is 37.3 Å². The minimum atomic E-state index is -0.163. The van der Waals surface area contributed by atoms with Gasteiger partial charge in [0, 0.05) is 18.5 Å². The smallest absolute Gasteiger partial charge is 0.252 e. The lowest BCUT2D eigenvalue weighted by atomic mass is 10.0. The molecule has 1 fully saturated rings. The molecule has 134 valence electrons. The summed E-state index contributed by atoms with van der Waals surface area (Å²) in [7, 11) is 0. The largest absolute Gasteiger partial charge is 0.367 e. The molecule has 25 heavy (non-hydrogen) atoms. The van der Waals surface area contributed by atoms with Gasteiger partial charge in [0.1, 0.15) is 6.61 Å². The van der Waals surface area contributed by atoms with Crippen LogP contribution in [0.1, 0.15) is 31.0 Å². The highest BCUT2D eigenvalue weighted by atomic mass is 32.1. The third-order valence-corrected chi connectivity index (χ3v) is 5.08. The van der Waals surface area contributed by atoms with Gasteiger partial charge in [0.15, 0.2) is 5.13 Å². The highest BCUT2D eigenvalue weighted by Gasteiger charge is 2.17. The van der Waals surface area contributed by atoms with E-state index in [9.17, 15) is 4.79 Å². The number of ether oxygens (including phenoxy) is 1. The number of carbonyl (C=O) groups is 1. The normalized spacial score (nSPS) is 18.2. The van der Waals surface area contributed by atoms with Crippen LogP contribution < -0.4 is 5.32 Å². The Morgan fingerprint density at radius 1 is 1.40 bits per heavy atom.